The molecule has 4 nitrogen and oxygen atoms in total. The van der Waals surface area contributed by atoms with Gasteiger partial charge in [-0.05, 0) is 12.8 Å². The van der Waals surface area contributed by atoms with Crippen LogP contribution in [0.1, 0.15) is 20.8 Å². The lowest BCUT2D eigenvalue weighted by molar-refractivity contribution is -0.123. The second-order valence-electron chi connectivity index (χ2n) is 3.26. The average molecular weight is 188 g/mol. The Balaban J connectivity index is 3.50. The molecule has 0 unspecified atom stereocenters. The Hall–Kier alpha value is -0.610. The lowest BCUT2D eigenvalue weighted by Gasteiger charge is -2.14. The highest BCUT2D eigenvalue weighted by Crippen LogP contribution is 1.97. The van der Waals surface area contributed by atoms with E-state index in [1.54, 1.807) is 0 Å². The van der Waals surface area contributed by atoms with E-state index in [1.165, 1.54) is 0 Å². The number of hydrogen-bond acceptors (Lipinski definition) is 3. The molecule has 13 heavy (non-hydrogen) atoms. The van der Waals surface area contributed by atoms with Crippen molar-refractivity contribution in [1.29, 1.82) is 0 Å². The number of nitrogens with one attached hydrogen (secondary N) is 1. The van der Waals surface area contributed by atoms with Crippen LogP contribution >= 0.6 is 0 Å². The van der Waals surface area contributed by atoms with E-state index in [2.05, 4.69) is 5.32 Å². The van der Waals surface area contributed by atoms with Crippen LogP contribution in [0.5, 0.6) is 0 Å². The van der Waals surface area contributed by atoms with E-state index in [4.69, 9.17) is 10.5 Å². The largest absolute Gasteiger partial charge is 0.380 e. The van der Waals surface area contributed by atoms with Crippen LogP contribution in [0.2, 0.25) is 0 Å². The highest BCUT2D eigenvalue weighted by atomic mass is 16.5. The normalized spacial score (nSPS) is 13.0. The third kappa shape index (κ3) is 5.60. The lowest BCUT2D eigenvalue weighted by Crippen LogP contribution is -2.44. The fraction of sp³-hybridized carbons (Fsp3) is 0.889. The zero-order valence-corrected chi connectivity index (χ0v) is 8.67. The minimum atomic E-state index is -0.415. The van der Waals surface area contributed by atoms with Crippen LogP contribution in [-0.2, 0) is 9.53 Å². The summed E-state index contributed by atoms with van der Waals surface area (Å²) in [6.45, 7) is 7.52. The van der Waals surface area contributed by atoms with Gasteiger partial charge in [0.25, 0.3) is 0 Å². The first-order valence-corrected chi connectivity index (χ1v) is 4.70. The van der Waals surface area contributed by atoms with Crippen LogP contribution in [0.4, 0.5) is 0 Å². The molecule has 0 radical (unpaired) electrons. The van der Waals surface area contributed by atoms with Gasteiger partial charge < -0.3 is 15.8 Å². The molecule has 0 rings (SSSR count). The van der Waals surface area contributed by atoms with Crippen molar-refractivity contribution in [2.75, 3.05) is 19.8 Å². The van der Waals surface area contributed by atoms with Crippen LogP contribution in [0.25, 0.3) is 0 Å². The predicted octanol–water partition coefficient (Wildman–Crippen LogP) is 0.122. The van der Waals surface area contributed by atoms with Crippen molar-refractivity contribution in [3.8, 4) is 0 Å². The van der Waals surface area contributed by atoms with Gasteiger partial charge in [0.05, 0.1) is 12.6 Å². The number of nitrogens with two attached hydrogens (primary N) is 1. The second-order valence-corrected chi connectivity index (χ2v) is 3.26. The molecule has 4 heteroatoms. The van der Waals surface area contributed by atoms with Crippen molar-refractivity contribution in [1.82, 2.24) is 5.32 Å². The lowest BCUT2D eigenvalue weighted by atomic mass is 10.1. The molecule has 0 saturated heterocycles. The molecule has 0 aromatic rings. The molecule has 0 bridgehead atoms. The topological polar surface area (TPSA) is 64.3 Å². The van der Waals surface area contributed by atoms with Gasteiger partial charge >= 0.3 is 0 Å². The Labute approximate surface area is 79.8 Å². The average Bonchev–Trinajstić information content (AvgIpc) is 2.10. The molecule has 0 saturated carbocycles. The zero-order valence-electron chi connectivity index (χ0n) is 8.67. The SMILES string of the molecule is CCOCCNC(=O)[C@@H](N)C(C)C. The molecule has 0 aromatic heterocycles. The van der Waals surface area contributed by atoms with Crippen LogP contribution in [0.15, 0.2) is 0 Å². The Morgan fingerprint density at radius 2 is 2.15 bits per heavy atom. The van der Waals surface area contributed by atoms with E-state index in [-0.39, 0.29) is 11.8 Å². The first-order chi connectivity index (χ1) is 6.09. The number of carbonyl (C=O) groups excluding carboxylic acids is 1. The maximum absolute atomic E-state index is 11.3. The van der Waals surface area contributed by atoms with E-state index >= 15 is 0 Å². The molecule has 1 amide bonds. The zero-order chi connectivity index (χ0) is 10.3. The van der Waals surface area contributed by atoms with Crippen molar-refractivity contribution in [3.63, 3.8) is 0 Å². The van der Waals surface area contributed by atoms with Crippen LogP contribution in [0.3, 0.4) is 0 Å². The summed E-state index contributed by atoms with van der Waals surface area (Å²) in [4.78, 5) is 11.3. The molecule has 1 atom stereocenters. The van der Waals surface area contributed by atoms with E-state index in [0.717, 1.165) is 0 Å². The molecule has 78 valence electrons. The molecular weight excluding hydrogens is 168 g/mol. The van der Waals surface area contributed by atoms with E-state index in [1.807, 2.05) is 20.8 Å². The molecule has 0 aliphatic rings. The summed E-state index contributed by atoms with van der Waals surface area (Å²) >= 11 is 0. The minimum Gasteiger partial charge on any atom is -0.380 e. The molecule has 0 aliphatic heterocycles. The highest BCUT2D eigenvalue weighted by Gasteiger charge is 2.15. The molecule has 0 heterocycles. The second kappa shape index (κ2) is 6.86. The first-order valence-electron chi connectivity index (χ1n) is 4.70. The molecule has 3 N–H and O–H groups in total. The van der Waals surface area contributed by atoms with Gasteiger partial charge in [-0.3, -0.25) is 4.79 Å². The Bertz CT molecular complexity index is 149. The van der Waals surface area contributed by atoms with E-state index < -0.39 is 6.04 Å². The quantitative estimate of drug-likeness (QED) is 0.582. The van der Waals surface area contributed by atoms with Gasteiger partial charge in [0.2, 0.25) is 5.91 Å². The number of ether oxygens (including phenoxy) is 1. The van der Waals surface area contributed by atoms with Crippen molar-refractivity contribution >= 4 is 5.91 Å². The van der Waals surface area contributed by atoms with Crippen molar-refractivity contribution in [3.05, 3.63) is 0 Å². The van der Waals surface area contributed by atoms with Gasteiger partial charge in [-0.1, -0.05) is 13.8 Å². The molecule has 0 aliphatic carbocycles. The van der Waals surface area contributed by atoms with Crippen LogP contribution in [0, 0.1) is 5.92 Å². The minimum absolute atomic E-state index is 0.102. The monoisotopic (exact) mass is 188 g/mol. The predicted molar refractivity (Wildman–Crippen MR) is 52.3 cm³/mol. The van der Waals surface area contributed by atoms with E-state index in [0.29, 0.717) is 19.8 Å². The number of amides is 1. The summed E-state index contributed by atoms with van der Waals surface area (Å²) in [5, 5.41) is 2.71. The van der Waals surface area contributed by atoms with Gasteiger partial charge in [-0.2, -0.15) is 0 Å². The fourth-order valence-corrected chi connectivity index (χ4v) is 0.811. The highest BCUT2D eigenvalue weighted by molar-refractivity contribution is 5.81. The third-order valence-corrected chi connectivity index (χ3v) is 1.77. The maximum atomic E-state index is 11.3. The van der Waals surface area contributed by atoms with Gasteiger partial charge in [-0.15, -0.1) is 0 Å². The van der Waals surface area contributed by atoms with Crippen LogP contribution < -0.4 is 11.1 Å². The summed E-state index contributed by atoms with van der Waals surface area (Å²) in [5.41, 5.74) is 5.62. The molecule has 0 aromatic carbocycles. The molecular formula is C9H20N2O2. The van der Waals surface area contributed by atoms with Gasteiger partial charge in [0.1, 0.15) is 0 Å². The summed E-state index contributed by atoms with van der Waals surface area (Å²) < 4.78 is 5.07. The Morgan fingerprint density at radius 3 is 2.62 bits per heavy atom. The molecule has 0 fully saturated rings. The Morgan fingerprint density at radius 1 is 1.54 bits per heavy atom. The third-order valence-electron chi connectivity index (χ3n) is 1.77. The van der Waals surface area contributed by atoms with Gasteiger partial charge in [0.15, 0.2) is 0 Å². The van der Waals surface area contributed by atoms with Gasteiger partial charge in [0, 0.05) is 13.2 Å². The molecule has 0 spiro atoms. The summed E-state index contributed by atoms with van der Waals surface area (Å²) in [6.07, 6.45) is 0. The Kier molecular flexibility index (Phi) is 6.54. The maximum Gasteiger partial charge on any atom is 0.237 e. The number of carbonyl (C=O) groups is 1. The van der Waals surface area contributed by atoms with Crippen LogP contribution in [-0.4, -0.2) is 31.7 Å². The summed E-state index contributed by atoms with van der Waals surface area (Å²) in [7, 11) is 0. The standard InChI is InChI=1S/C9H20N2O2/c1-4-13-6-5-11-9(12)8(10)7(2)3/h7-8H,4-6,10H2,1-3H3,(H,11,12)/t8-/m0/s1. The van der Waals surface area contributed by atoms with Crippen molar-refractivity contribution in [2.45, 2.75) is 26.8 Å². The summed E-state index contributed by atoms with van der Waals surface area (Å²) in [6, 6.07) is -0.415. The van der Waals surface area contributed by atoms with Crippen molar-refractivity contribution < 1.29 is 9.53 Å². The van der Waals surface area contributed by atoms with Crippen molar-refractivity contribution in [2.24, 2.45) is 11.7 Å². The van der Waals surface area contributed by atoms with Gasteiger partial charge in [-0.25, -0.2) is 0 Å². The fourth-order valence-electron chi connectivity index (χ4n) is 0.811. The number of rotatable bonds is 6. The first kappa shape index (κ1) is 12.4. The van der Waals surface area contributed by atoms with E-state index in [9.17, 15) is 4.79 Å². The smallest absolute Gasteiger partial charge is 0.237 e. The number of hydrogen-bond donors (Lipinski definition) is 2. The summed E-state index contributed by atoms with van der Waals surface area (Å²) in [5.74, 6) is 0.0711.